The lowest BCUT2D eigenvalue weighted by Gasteiger charge is -2.26. The number of carbonyl (C=O) groups excluding carboxylic acids is 1. The zero-order valence-electron chi connectivity index (χ0n) is 5.89. The number of hydrogen-bond donors (Lipinski definition) is 4. The highest BCUT2D eigenvalue weighted by molar-refractivity contribution is 5.99. The summed E-state index contributed by atoms with van der Waals surface area (Å²) < 4.78 is 13.0. The Kier molecular flexibility index (Phi) is 1.14. The fourth-order valence-electron chi connectivity index (χ4n) is 0.999. The maximum Gasteiger partial charge on any atom is 0.318 e. The van der Waals surface area contributed by atoms with Crippen LogP contribution in [-0.4, -0.2) is 21.9 Å². The number of aromatic nitrogens is 2. The molecule has 0 saturated heterocycles. The molecule has 5 N–H and O–H groups in total. The second-order valence-electron chi connectivity index (χ2n) is 2.42. The molecule has 0 radical (unpaired) electrons. The van der Waals surface area contributed by atoms with E-state index in [-0.39, 0.29) is 11.5 Å². The Balaban J connectivity index is 2.45. The van der Waals surface area contributed by atoms with Crippen molar-refractivity contribution in [3.8, 4) is 0 Å². The predicted octanol–water partition coefficient (Wildman–Crippen LogP) is -0.896. The van der Waals surface area contributed by atoms with Gasteiger partial charge in [-0.1, -0.05) is 0 Å². The van der Waals surface area contributed by atoms with Crippen molar-refractivity contribution in [1.82, 2.24) is 15.3 Å². The van der Waals surface area contributed by atoms with Crippen LogP contribution in [-0.2, 0) is 0 Å². The van der Waals surface area contributed by atoms with Crippen molar-refractivity contribution >= 4 is 11.7 Å². The number of amides is 1. The van der Waals surface area contributed by atoms with Gasteiger partial charge in [-0.3, -0.25) is 15.8 Å². The first kappa shape index (κ1) is 7.04. The maximum atomic E-state index is 13.0. The molecule has 1 aliphatic heterocycles. The van der Waals surface area contributed by atoms with Crippen LogP contribution < -0.4 is 16.4 Å². The fourth-order valence-corrected chi connectivity index (χ4v) is 0.999. The SMILES string of the molecule is NC1(F)NC(=O)c2nc[nH]c2N1. The van der Waals surface area contributed by atoms with Crippen LogP contribution >= 0.6 is 0 Å². The Bertz CT molecular complexity index is 332. The molecule has 2 heterocycles. The number of fused-ring (bicyclic) bond motifs is 1. The zero-order valence-corrected chi connectivity index (χ0v) is 5.89. The number of hydrogen-bond acceptors (Lipinski definition) is 4. The lowest BCUT2D eigenvalue weighted by molar-refractivity contribution is 0.0766. The van der Waals surface area contributed by atoms with Crippen LogP contribution in [0.4, 0.5) is 10.2 Å². The topological polar surface area (TPSA) is 95.8 Å². The van der Waals surface area contributed by atoms with Gasteiger partial charge in [0.2, 0.25) is 0 Å². The molecule has 0 spiro atoms. The summed E-state index contributed by atoms with van der Waals surface area (Å²) in [6, 6.07) is -2.41. The molecular weight excluding hydrogens is 165 g/mol. The quantitative estimate of drug-likeness (QED) is 0.380. The van der Waals surface area contributed by atoms with Crippen LogP contribution in [0.2, 0.25) is 0 Å². The second kappa shape index (κ2) is 1.95. The molecule has 1 aromatic rings. The van der Waals surface area contributed by atoms with Crippen molar-refractivity contribution in [2.45, 2.75) is 6.04 Å². The fraction of sp³-hybridized carbons (Fsp3) is 0.200. The number of nitrogens with zero attached hydrogens (tertiary/aromatic N) is 1. The summed E-state index contributed by atoms with van der Waals surface area (Å²) in [5, 5.41) is 4.08. The average molecular weight is 171 g/mol. The van der Waals surface area contributed by atoms with E-state index >= 15 is 0 Å². The molecule has 1 amide bonds. The van der Waals surface area contributed by atoms with E-state index in [1.54, 1.807) is 0 Å². The monoisotopic (exact) mass is 171 g/mol. The summed E-state index contributed by atoms with van der Waals surface area (Å²) in [5.41, 5.74) is 5.09. The van der Waals surface area contributed by atoms with Gasteiger partial charge in [0, 0.05) is 0 Å². The maximum absolute atomic E-state index is 13.0. The van der Waals surface area contributed by atoms with E-state index in [9.17, 15) is 9.18 Å². The van der Waals surface area contributed by atoms with Crippen LogP contribution in [0.1, 0.15) is 10.5 Å². The van der Waals surface area contributed by atoms with E-state index < -0.39 is 11.9 Å². The van der Waals surface area contributed by atoms with Gasteiger partial charge in [-0.25, -0.2) is 4.98 Å². The average Bonchev–Trinajstić information content (AvgIpc) is 2.31. The molecule has 0 saturated carbocycles. The largest absolute Gasteiger partial charge is 0.331 e. The van der Waals surface area contributed by atoms with E-state index in [0.29, 0.717) is 0 Å². The summed E-state index contributed by atoms with van der Waals surface area (Å²) in [4.78, 5) is 17.2. The van der Waals surface area contributed by atoms with E-state index in [0.717, 1.165) is 0 Å². The number of halogens is 1. The van der Waals surface area contributed by atoms with Gasteiger partial charge in [0.1, 0.15) is 5.82 Å². The Labute approximate surface area is 66.4 Å². The third-order valence-corrected chi connectivity index (χ3v) is 1.46. The lowest BCUT2D eigenvalue weighted by Crippen LogP contribution is -2.60. The van der Waals surface area contributed by atoms with Gasteiger partial charge >= 0.3 is 6.04 Å². The molecule has 0 bridgehead atoms. The van der Waals surface area contributed by atoms with Gasteiger partial charge in [-0.2, -0.15) is 4.39 Å². The molecule has 0 aromatic carbocycles. The molecule has 0 fully saturated rings. The standard InChI is InChI=1S/C5H6FN5O/c6-5(7)10-3-2(4(12)11-5)8-1-9-3/h1,10H,7H2,(H,8,9)(H,11,12). The summed E-state index contributed by atoms with van der Waals surface area (Å²) in [6.07, 6.45) is 1.28. The Morgan fingerprint density at radius 1 is 1.58 bits per heavy atom. The number of imidazole rings is 1. The van der Waals surface area contributed by atoms with Crippen molar-refractivity contribution in [1.29, 1.82) is 0 Å². The number of nitrogens with two attached hydrogens (primary N) is 1. The normalized spacial score (nSPS) is 27.3. The number of nitrogens with one attached hydrogen (secondary N) is 3. The van der Waals surface area contributed by atoms with E-state index in [4.69, 9.17) is 5.73 Å². The van der Waals surface area contributed by atoms with Crippen LogP contribution in [0.5, 0.6) is 0 Å². The van der Waals surface area contributed by atoms with Gasteiger partial charge in [0.05, 0.1) is 6.33 Å². The van der Waals surface area contributed by atoms with E-state index in [1.165, 1.54) is 6.33 Å². The first-order valence-corrected chi connectivity index (χ1v) is 3.20. The van der Waals surface area contributed by atoms with Crippen molar-refractivity contribution in [3.05, 3.63) is 12.0 Å². The number of aromatic amines is 1. The van der Waals surface area contributed by atoms with Crippen molar-refractivity contribution in [2.24, 2.45) is 5.73 Å². The number of rotatable bonds is 0. The molecule has 1 unspecified atom stereocenters. The molecule has 1 aromatic heterocycles. The highest BCUT2D eigenvalue weighted by atomic mass is 19.2. The highest BCUT2D eigenvalue weighted by Crippen LogP contribution is 2.18. The van der Waals surface area contributed by atoms with Gasteiger partial charge < -0.3 is 10.3 Å². The molecule has 2 rings (SSSR count). The first-order valence-electron chi connectivity index (χ1n) is 3.20. The first-order chi connectivity index (χ1) is 5.58. The molecule has 12 heavy (non-hydrogen) atoms. The minimum Gasteiger partial charge on any atom is -0.331 e. The van der Waals surface area contributed by atoms with Crippen molar-refractivity contribution in [3.63, 3.8) is 0 Å². The van der Waals surface area contributed by atoms with Crippen LogP contribution in [0.3, 0.4) is 0 Å². The number of anilines is 1. The van der Waals surface area contributed by atoms with Crippen molar-refractivity contribution < 1.29 is 9.18 Å². The van der Waals surface area contributed by atoms with Crippen LogP contribution in [0.25, 0.3) is 0 Å². The highest BCUT2D eigenvalue weighted by Gasteiger charge is 2.35. The number of H-pyrrole nitrogens is 1. The third-order valence-electron chi connectivity index (χ3n) is 1.46. The molecule has 0 aliphatic carbocycles. The molecule has 7 heteroatoms. The van der Waals surface area contributed by atoms with Crippen LogP contribution in [0.15, 0.2) is 6.33 Å². The van der Waals surface area contributed by atoms with Crippen LogP contribution in [0, 0.1) is 0 Å². The smallest absolute Gasteiger partial charge is 0.318 e. The molecule has 6 nitrogen and oxygen atoms in total. The zero-order chi connectivity index (χ0) is 8.77. The molecule has 64 valence electrons. The predicted molar refractivity (Wildman–Crippen MR) is 37.7 cm³/mol. The van der Waals surface area contributed by atoms with Crippen molar-refractivity contribution in [2.75, 3.05) is 5.32 Å². The number of alkyl halides is 1. The Morgan fingerprint density at radius 2 is 2.33 bits per heavy atom. The Hall–Kier alpha value is -1.63. The minimum atomic E-state index is -2.41. The molecule has 1 aliphatic rings. The molecular formula is C5H6FN5O. The van der Waals surface area contributed by atoms with Gasteiger partial charge in [0.15, 0.2) is 5.69 Å². The van der Waals surface area contributed by atoms with Gasteiger partial charge in [-0.05, 0) is 0 Å². The summed E-state index contributed by atoms with van der Waals surface area (Å²) in [6.45, 7) is 0. The Morgan fingerprint density at radius 3 is 3.08 bits per heavy atom. The number of carbonyl (C=O) groups is 1. The lowest BCUT2D eigenvalue weighted by atomic mass is 10.3. The van der Waals surface area contributed by atoms with E-state index in [1.807, 2.05) is 5.32 Å². The third kappa shape index (κ3) is 0.909. The van der Waals surface area contributed by atoms with Gasteiger partial charge in [-0.15, -0.1) is 0 Å². The van der Waals surface area contributed by atoms with Gasteiger partial charge in [0.25, 0.3) is 5.91 Å². The summed E-state index contributed by atoms with van der Waals surface area (Å²) in [5.74, 6) is -0.459. The van der Waals surface area contributed by atoms with E-state index in [2.05, 4.69) is 15.3 Å². The summed E-state index contributed by atoms with van der Waals surface area (Å²) >= 11 is 0. The molecule has 1 atom stereocenters. The second-order valence-corrected chi connectivity index (χ2v) is 2.42. The summed E-state index contributed by atoms with van der Waals surface area (Å²) in [7, 11) is 0. The minimum absolute atomic E-state index is 0.105.